The Morgan fingerprint density at radius 2 is 1.54 bits per heavy atom. The van der Waals surface area contributed by atoms with Crippen molar-refractivity contribution in [1.82, 2.24) is 36.1 Å². The number of primary amides is 1. The number of unbranched alkanes of at least 4 members (excludes halogenated alkanes) is 2. The van der Waals surface area contributed by atoms with Gasteiger partial charge in [-0.1, -0.05) is 58.4 Å². The van der Waals surface area contributed by atoms with Gasteiger partial charge >= 0.3 is 12.1 Å². The number of amides is 9. The number of alkyl carbamates (subject to hydrolysis) is 1. The Hall–Kier alpha value is -8.14. The number of imide groups is 1. The van der Waals surface area contributed by atoms with Crippen LogP contribution in [0.4, 0.5) is 32.5 Å². The van der Waals surface area contributed by atoms with Crippen LogP contribution in [-0.4, -0.2) is 132 Å². The van der Waals surface area contributed by atoms with Crippen LogP contribution in [-0.2, 0) is 35.3 Å². The molecule has 1 saturated heterocycles. The maximum absolute atomic E-state index is 13.6. The minimum atomic E-state index is -1.04. The van der Waals surface area contributed by atoms with E-state index in [0.717, 1.165) is 48.8 Å². The number of urea groups is 1. The maximum Gasteiger partial charge on any atom is 0.407 e. The number of carbonyl (C=O) groups excluding carboxylic acids is 8. The molecule has 424 valence electrons. The summed E-state index contributed by atoms with van der Waals surface area (Å²) in [6.07, 6.45) is 11.9. The average Bonchev–Trinajstić information content (AvgIpc) is 3.64. The lowest BCUT2D eigenvalue weighted by Gasteiger charge is -2.33. The van der Waals surface area contributed by atoms with Gasteiger partial charge in [0.25, 0.3) is 17.7 Å². The third kappa shape index (κ3) is 19.1. The highest BCUT2D eigenvalue weighted by Gasteiger charge is 2.30. The van der Waals surface area contributed by atoms with Crippen LogP contribution in [0.2, 0.25) is 0 Å². The van der Waals surface area contributed by atoms with Gasteiger partial charge in [-0.2, -0.15) is 0 Å². The number of rotatable bonds is 28. The molecule has 0 unspecified atom stereocenters. The zero-order chi connectivity index (χ0) is 56.8. The number of nitrogens with two attached hydrogens (primary N) is 2. The number of nitrogens with one attached hydrogen (secondary N) is 6. The van der Waals surface area contributed by atoms with Crippen LogP contribution in [0.5, 0.6) is 0 Å². The topological polar surface area (TPSA) is 305 Å². The number of ether oxygens (including phenoxy) is 1. The molecular weight excluding hydrogens is 1010 g/mol. The average molecular weight is 1090 g/mol. The lowest BCUT2D eigenvalue weighted by Crippen LogP contribution is -2.54. The molecule has 3 aromatic rings. The van der Waals surface area contributed by atoms with Crippen molar-refractivity contribution in [1.29, 1.82) is 0 Å². The van der Waals surface area contributed by atoms with Gasteiger partial charge in [0, 0.05) is 80.6 Å². The van der Waals surface area contributed by atoms with E-state index < -0.39 is 36.0 Å². The summed E-state index contributed by atoms with van der Waals surface area (Å²) in [4.78, 5) is 116. The normalized spacial score (nSPS) is 15.1. The van der Waals surface area contributed by atoms with E-state index >= 15 is 0 Å². The first-order valence-corrected chi connectivity index (χ1v) is 27.4. The summed E-state index contributed by atoms with van der Waals surface area (Å²) in [6, 6.07) is 13.0. The number of pyridine rings is 1. The summed E-state index contributed by atoms with van der Waals surface area (Å²) in [5.41, 5.74) is 16.4. The molecule has 0 bridgehead atoms. The summed E-state index contributed by atoms with van der Waals surface area (Å²) in [5, 5.41) is 16.7. The van der Waals surface area contributed by atoms with Crippen molar-refractivity contribution in [3.63, 3.8) is 0 Å². The summed E-state index contributed by atoms with van der Waals surface area (Å²) >= 11 is 0. The number of anilines is 3. The molecule has 10 N–H and O–H groups in total. The maximum atomic E-state index is 13.6. The third-order valence-corrected chi connectivity index (χ3v) is 13.6. The van der Waals surface area contributed by atoms with Crippen molar-refractivity contribution in [3.05, 3.63) is 95.2 Å². The Morgan fingerprint density at radius 1 is 0.835 bits per heavy atom. The van der Waals surface area contributed by atoms with Crippen LogP contribution >= 0.6 is 0 Å². The molecule has 2 atom stereocenters. The van der Waals surface area contributed by atoms with Gasteiger partial charge < -0.3 is 53.0 Å². The molecule has 3 aliphatic rings. The molecule has 22 heteroatoms. The summed E-state index contributed by atoms with van der Waals surface area (Å²) in [5.74, 6) is -1.50. The van der Waals surface area contributed by atoms with E-state index in [9.17, 15) is 38.4 Å². The Morgan fingerprint density at radius 3 is 2.20 bits per heavy atom. The lowest BCUT2D eigenvalue weighted by atomic mass is 10.0. The molecule has 3 aliphatic heterocycles. The minimum Gasteiger partial charge on any atom is -0.445 e. The summed E-state index contributed by atoms with van der Waals surface area (Å²) in [6.45, 7) is 12.4. The molecule has 1 aromatic heterocycles. The van der Waals surface area contributed by atoms with Crippen molar-refractivity contribution in [2.45, 2.75) is 123 Å². The van der Waals surface area contributed by atoms with Gasteiger partial charge in [-0.05, 0) is 118 Å². The van der Waals surface area contributed by atoms with Crippen molar-refractivity contribution < 1.29 is 43.1 Å². The largest absolute Gasteiger partial charge is 0.445 e. The zero-order valence-corrected chi connectivity index (χ0v) is 45.8. The van der Waals surface area contributed by atoms with E-state index in [1.54, 1.807) is 56.4 Å². The first kappa shape index (κ1) is 60.1. The van der Waals surface area contributed by atoms with E-state index in [1.807, 2.05) is 18.2 Å². The Labute approximate surface area is 462 Å². The second-order valence-corrected chi connectivity index (χ2v) is 20.4. The second-order valence-electron chi connectivity index (χ2n) is 20.4. The van der Waals surface area contributed by atoms with Crippen molar-refractivity contribution in [3.8, 4) is 0 Å². The van der Waals surface area contributed by atoms with Crippen LogP contribution in [0.15, 0.2) is 83.5 Å². The standard InChI is InChI=1S/C57H77N13O9/c1-5-26-68(27-6-2)35-39-31-40-15-16-41(33-46(40)65-47(58)32-39)53(74)63-44-19-20-48(61-34-44)69-29-23-43(24-30-69)64-57(78)79-36-38-13-17-42(18-14-38)62-54(75)45(11-10-25-60-56(59)77)66-55(76)52(37(3)4)67-49(71)12-8-7-9-28-70-50(72)21-22-51(70)73/h13-22,31,33-34,37,43,45,52H,5-12,23-30,32,35-36H2,1-4H3,(H2,58,65)(H,62,75)(H,63,74)(H,64,78)(H,66,76)(H,67,71)(H3,59,60,77)/t45-,52-/m0/s1. The fourth-order valence-corrected chi connectivity index (χ4v) is 9.48. The van der Waals surface area contributed by atoms with E-state index in [0.29, 0.717) is 92.1 Å². The number of aliphatic imine (C=N–C) groups is 1. The first-order valence-electron chi connectivity index (χ1n) is 27.4. The highest BCUT2D eigenvalue weighted by atomic mass is 16.5. The smallest absolute Gasteiger partial charge is 0.407 e. The molecule has 9 amide bonds. The van der Waals surface area contributed by atoms with Gasteiger partial charge in [-0.3, -0.25) is 38.6 Å². The predicted octanol–water partition coefficient (Wildman–Crippen LogP) is 5.62. The Bertz CT molecular complexity index is 2700. The van der Waals surface area contributed by atoms with Gasteiger partial charge in [0.2, 0.25) is 17.7 Å². The van der Waals surface area contributed by atoms with Gasteiger partial charge in [-0.25, -0.2) is 19.6 Å². The number of aromatic nitrogens is 1. The molecular formula is C57H77N13O9. The molecule has 79 heavy (non-hydrogen) atoms. The second kappa shape index (κ2) is 30.1. The number of hydrogen-bond donors (Lipinski definition) is 8. The van der Waals surface area contributed by atoms with Crippen LogP contribution in [0, 0.1) is 5.92 Å². The molecule has 0 radical (unpaired) electrons. The molecule has 2 aromatic carbocycles. The van der Waals surface area contributed by atoms with E-state index in [-0.39, 0.29) is 68.1 Å². The van der Waals surface area contributed by atoms with Gasteiger partial charge in [-0.15, -0.1) is 0 Å². The highest BCUT2D eigenvalue weighted by Crippen LogP contribution is 2.29. The third-order valence-electron chi connectivity index (χ3n) is 13.6. The quantitative estimate of drug-likeness (QED) is 0.0324. The zero-order valence-electron chi connectivity index (χ0n) is 45.8. The minimum absolute atomic E-state index is 0.0253. The SMILES string of the molecule is CCCN(CCC)CC1=Cc2ccc(C(=O)Nc3ccc(N4CCC(NC(=O)OCc5ccc(NC(=O)[C@H](CCCNC(N)=O)NC(=O)[C@@H](NC(=O)CCCCCN6C(=O)C=CC6=O)C(C)C)cc5)CC4)nc3)cc2N=C(N)C1. The summed E-state index contributed by atoms with van der Waals surface area (Å²) in [7, 11) is 0. The number of carbonyl (C=O) groups is 8. The summed E-state index contributed by atoms with van der Waals surface area (Å²) < 4.78 is 5.53. The van der Waals surface area contributed by atoms with E-state index in [1.165, 1.54) is 17.7 Å². The Kier molecular flexibility index (Phi) is 22.9. The fraction of sp³-hybridized carbons (Fsp3) is 0.474. The lowest BCUT2D eigenvalue weighted by molar-refractivity contribution is -0.137. The number of hydrogen-bond acceptors (Lipinski definition) is 14. The number of nitrogens with zero attached hydrogens (tertiary/aromatic N) is 5. The Balaban J connectivity index is 0.915. The molecule has 0 aliphatic carbocycles. The van der Waals surface area contributed by atoms with Crippen LogP contribution < -0.4 is 48.3 Å². The van der Waals surface area contributed by atoms with Crippen LogP contribution in [0.1, 0.15) is 120 Å². The van der Waals surface area contributed by atoms with Crippen molar-refractivity contribution in [2.75, 3.05) is 61.3 Å². The number of piperidine rings is 1. The predicted molar refractivity (Wildman–Crippen MR) is 303 cm³/mol. The molecule has 1 fully saturated rings. The molecule has 4 heterocycles. The highest BCUT2D eigenvalue weighted by molar-refractivity contribution is 6.13. The van der Waals surface area contributed by atoms with E-state index in [2.05, 4.69) is 71.6 Å². The first-order chi connectivity index (χ1) is 38.0. The van der Waals surface area contributed by atoms with Crippen LogP contribution in [0.25, 0.3) is 6.08 Å². The van der Waals surface area contributed by atoms with Crippen molar-refractivity contribution in [2.24, 2.45) is 22.4 Å². The van der Waals surface area contributed by atoms with Crippen LogP contribution in [0.3, 0.4) is 0 Å². The van der Waals surface area contributed by atoms with Gasteiger partial charge in [0.1, 0.15) is 30.3 Å². The van der Waals surface area contributed by atoms with Crippen molar-refractivity contribution >= 4 is 82.4 Å². The van der Waals surface area contributed by atoms with Gasteiger partial charge in [0.05, 0.1) is 17.6 Å². The molecule has 0 spiro atoms. The fourth-order valence-electron chi connectivity index (χ4n) is 9.48. The molecule has 22 nitrogen and oxygen atoms in total. The molecule has 6 rings (SSSR count). The van der Waals surface area contributed by atoms with E-state index in [4.69, 9.17) is 16.2 Å². The molecule has 0 saturated carbocycles. The number of amidine groups is 1. The number of fused-ring (bicyclic) bond motifs is 1. The number of benzene rings is 2. The monoisotopic (exact) mass is 1090 g/mol. The van der Waals surface area contributed by atoms with Gasteiger partial charge in [0.15, 0.2) is 0 Å².